The molecule has 0 fully saturated rings. The Morgan fingerprint density at radius 2 is 1.24 bits per heavy atom. The number of hydrogen-bond acceptors (Lipinski definition) is 0. The van der Waals surface area contributed by atoms with Gasteiger partial charge < -0.3 is 0 Å². The van der Waals surface area contributed by atoms with Gasteiger partial charge in [-0.2, -0.15) is 0 Å². The molecule has 0 spiro atoms. The molecule has 0 N–H and O–H groups in total. The largest absolute Gasteiger partial charge is 0.0654 e. The van der Waals surface area contributed by atoms with Crippen LogP contribution in [0.1, 0.15) is 98.3 Å². The first-order chi connectivity index (χ1) is 8.28. The van der Waals surface area contributed by atoms with Gasteiger partial charge in [0.2, 0.25) is 0 Å². The van der Waals surface area contributed by atoms with Gasteiger partial charge in [-0.05, 0) is 18.3 Å². The van der Waals surface area contributed by atoms with E-state index in [0.29, 0.717) is 0 Å². The molecule has 0 nitrogen and oxygen atoms in total. The normalized spacial score (nSPS) is 14.8. The van der Waals surface area contributed by atoms with Crippen molar-refractivity contribution in [2.24, 2.45) is 11.8 Å². The van der Waals surface area contributed by atoms with Gasteiger partial charge in [-0.15, -0.1) is 0 Å². The van der Waals surface area contributed by atoms with Crippen molar-refractivity contribution < 1.29 is 0 Å². The minimum absolute atomic E-state index is 1.00. The molecule has 0 saturated heterocycles. The number of hydrogen-bond donors (Lipinski definition) is 0. The molecule has 0 rings (SSSR count). The van der Waals surface area contributed by atoms with Gasteiger partial charge in [-0.1, -0.05) is 91.9 Å². The SMILES string of the molecule is CCCCCCC(CCC)CC(CC)CCC. The van der Waals surface area contributed by atoms with E-state index in [9.17, 15) is 0 Å². The molecule has 0 bridgehead atoms. The molecule has 0 amide bonds. The smallest absolute Gasteiger partial charge is 0.0412 e. The minimum Gasteiger partial charge on any atom is -0.0654 e. The van der Waals surface area contributed by atoms with Gasteiger partial charge in [0.05, 0.1) is 0 Å². The maximum absolute atomic E-state index is 2.38. The Morgan fingerprint density at radius 1 is 0.588 bits per heavy atom. The summed E-state index contributed by atoms with van der Waals surface area (Å²) in [5.74, 6) is 2.02. The predicted molar refractivity (Wildman–Crippen MR) is 80.5 cm³/mol. The third-order valence-electron chi connectivity index (χ3n) is 4.10. The monoisotopic (exact) mass is 240 g/mol. The highest BCUT2D eigenvalue weighted by Gasteiger charge is 2.13. The first-order valence-electron chi connectivity index (χ1n) is 8.28. The van der Waals surface area contributed by atoms with Gasteiger partial charge in [0.15, 0.2) is 0 Å². The van der Waals surface area contributed by atoms with Crippen LogP contribution in [0.3, 0.4) is 0 Å². The maximum atomic E-state index is 2.38. The summed E-state index contributed by atoms with van der Waals surface area (Å²) in [6.45, 7) is 9.36. The van der Waals surface area contributed by atoms with Crippen molar-refractivity contribution in [3.05, 3.63) is 0 Å². The second-order valence-corrected chi connectivity index (χ2v) is 5.80. The van der Waals surface area contributed by atoms with Crippen molar-refractivity contribution in [3.63, 3.8) is 0 Å². The van der Waals surface area contributed by atoms with Crippen LogP contribution >= 0.6 is 0 Å². The fourth-order valence-electron chi connectivity index (χ4n) is 3.02. The predicted octanol–water partition coefficient (Wildman–Crippen LogP) is 6.59. The highest BCUT2D eigenvalue weighted by atomic mass is 14.2. The molecule has 0 radical (unpaired) electrons. The van der Waals surface area contributed by atoms with E-state index in [4.69, 9.17) is 0 Å². The van der Waals surface area contributed by atoms with Crippen LogP contribution in [-0.4, -0.2) is 0 Å². The zero-order valence-corrected chi connectivity index (χ0v) is 12.9. The van der Waals surface area contributed by atoms with Crippen molar-refractivity contribution >= 4 is 0 Å². The van der Waals surface area contributed by atoms with E-state index in [1.54, 1.807) is 0 Å². The van der Waals surface area contributed by atoms with E-state index >= 15 is 0 Å². The van der Waals surface area contributed by atoms with Crippen LogP contribution < -0.4 is 0 Å². The Bertz CT molecular complexity index is 139. The zero-order valence-electron chi connectivity index (χ0n) is 12.9. The van der Waals surface area contributed by atoms with Crippen LogP contribution in [0, 0.1) is 11.8 Å². The lowest BCUT2D eigenvalue weighted by atomic mass is 9.84. The molecule has 0 heterocycles. The maximum Gasteiger partial charge on any atom is -0.0412 e. The molecule has 0 aromatic rings. The Hall–Kier alpha value is 0. The molecule has 0 aliphatic rings. The van der Waals surface area contributed by atoms with Gasteiger partial charge in [0.1, 0.15) is 0 Å². The number of unbranched alkanes of at least 4 members (excludes halogenated alkanes) is 3. The fraction of sp³-hybridized carbons (Fsp3) is 1.00. The minimum atomic E-state index is 1.00. The van der Waals surface area contributed by atoms with Crippen LogP contribution in [0.4, 0.5) is 0 Å². The van der Waals surface area contributed by atoms with Crippen LogP contribution in [0.15, 0.2) is 0 Å². The van der Waals surface area contributed by atoms with E-state index in [0.717, 1.165) is 11.8 Å². The lowest BCUT2D eigenvalue weighted by Gasteiger charge is -2.22. The molecule has 17 heavy (non-hydrogen) atoms. The molecule has 104 valence electrons. The lowest BCUT2D eigenvalue weighted by Crippen LogP contribution is -2.09. The summed E-state index contributed by atoms with van der Waals surface area (Å²) < 4.78 is 0. The Morgan fingerprint density at radius 3 is 1.76 bits per heavy atom. The van der Waals surface area contributed by atoms with E-state index in [-0.39, 0.29) is 0 Å². The van der Waals surface area contributed by atoms with E-state index in [2.05, 4.69) is 27.7 Å². The average Bonchev–Trinajstić information content (AvgIpc) is 2.34. The van der Waals surface area contributed by atoms with Gasteiger partial charge in [-0.3, -0.25) is 0 Å². The van der Waals surface area contributed by atoms with Crippen molar-refractivity contribution in [3.8, 4) is 0 Å². The molecule has 2 unspecified atom stereocenters. The third-order valence-corrected chi connectivity index (χ3v) is 4.10. The van der Waals surface area contributed by atoms with Gasteiger partial charge >= 0.3 is 0 Å². The second kappa shape index (κ2) is 12.5. The van der Waals surface area contributed by atoms with Crippen molar-refractivity contribution in [1.29, 1.82) is 0 Å². The molecular weight excluding hydrogens is 204 g/mol. The quantitative estimate of drug-likeness (QED) is 0.338. The van der Waals surface area contributed by atoms with Crippen molar-refractivity contribution in [2.45, 2.75) is 98.3 Å². The Labute approximate surface area is 111 Å². The summed E-state index contributed by atoms with van der Waals surface area (Å²) in [6.07, 6.45) is 15.8. The summed E-state index contributed by atoms with van der Waals surface area (Å²) in [7, 11) is 0. The van der Waals surface area contributed by atoms with Gasteiger partial charge in [-0.25, -0.2) is 0 Å². The highest BCUT2D eigenvalue weighted by Crippen LogP contribution is 2.27. The second-order valence-electron chi connectivity index (χ2n) is 5.80. The molecule has 0 aromatic carbocycles. The molecule has 0 aliphatic carbocycles. The Balaban J connectivity index is 3.85. The summed E-state index contributed by atoms with van der Waals surface area (Å²) in [4.78, 5) is 0. The summed E-state index contributed by atoms with van der Waals surface area (Å²) >= 11 is 0. The van der Waals surface area contributed by atoms with Crippen molar-refractivity contribution in [1.82, 2.24) is 0 Å². The molecular formula is C17H36. The summed E-state index contributed by atoms with van der Waals surface area (Å²) in [6, 6.07) is 0. The first-order valence-corrected chi connectivity index (χ1v) is 8.28. The molecule has 2 atom stereocenters. The molecule has 0 saturated carbocycles. The van der Waals surface area contributed by atoms with E-state index in [1.807, 2.05) is 0 Å². The summed E-state index contributed by atoms with van der Waals surface area (Å²) in [5, 5.41) is 0. The lowest BCUT2D eigenvalue weighted by molar-refractivity contribution is 0.304. The van der Waals surface area contributed by atoms with Crippen LogP contribution in [-0.2, 0) is 0 Å². The van der Waals surface area contributed by atoms with Crippen LogP contribution in [0.2, 0.25) is 0 Å². The fourth-order valence-corrected chi connectivity index (χ4v) is 3.02. The summed E-state index contributed by atoms with van der Waals surface area (Å²) in [5.41, 5.74) is 0. The molecule has 0 aliphatic heterocycles. The first kappa shape index (κ1) is 17.0. The third kappa shape index (κ3) is 9.68. The Kier molecular flexibility index (Phi) is 12.5. The van der Waals surface area contributed by atoms with Gasteiger partial charge in [0, 0.05) is 0 Å². The van der Waals surface area contributed by atoms with E-state index < -0.39 is 0 Å². The highest BCUT2D eigenvalue weighted by molar-refractivity contribution is 4.66. The van der Waals surface area contributed by atoms with Crippen LogP contribution in [0.25, 0.3) is 0 Å². The van der Waals surface area contributed by atoms with Gasteiger partial charge in [0.25, 0.3) is 0 Å². The van der Waals surface area contributed by atoms with Crippen molar-refractivity contribution in [2.75, 3.05) is 0 Å². The average molecular weight is 240 g/mol. The molecule has 0 heteroatoms. The zero-order chi connectivity index (χ0) is 12.9. The van der Waals surface area contributed by atoms with Crippen LogP contribution in [0.5, 0.6) is 0 Å². The standard InChI is InChI=1S/C17H36/c1-5-9-10-11-14-17(13-7-3)15-16(8-4)12-6-2/h16-17H,5-15H2,1-4H3. The number of rotatable bonds is 12. The van der Waals surface area contributed by atoms with E-state index in [1.165, 1.54) is 70.6 Å². The molecule has 0 aromatic heterocycles. The topological polar surface area (TPSA) is 0 Å².